The minimum Gasteiger partial charge on any atom is -0.352 e. The van der Waals surface area contributed by atoms with Gasteiger partial charge in [0.25, 0.3) is 0 Å². The normalized spacial score (nSPS) is 25.4. The third-order valence-electron chi connectivity index (χ3n) is 5.65. The van der Waals surface area contributed by atoms with Crippen LogP contribution in [-0.4, -0.2) is 60.5 Å². The predicted octanol–water partition coefficient (Wildman–Crippen LogP) is 2.54. The van der Waals surface area contributed by atoms with Gasteiger partial charge in [0.1, 0.15) is 0 Å². The van der Waals surface area contributed by atoms with Gasteiger partial charge in [-0.3, -0.25) is 9.69 Å². The zero-order valence-corrected chi connectivity index (χ0v) is 15.8. The zero-order valence-electron chi connectivity index (χ0n) is 15.8. The highest BCUT2D eigenvalue weighted by atomic mass is 16.1. The fourth-order valence-electron chi connectivity index (χ4n) is 4.07. The molecule has 0 spiro atoms. The largest absolute Gasteiger partial charge is 0.352 e. The number of hydrogen-bond acceptors (Lipinski definition) is 3. The predicted molar refractivity (Wildman–Crippen MR) is 103 cm³/mol. The van der Waals surface area contributed by atoms with Crippen molar-refractivity contribution in [3.8, 4) is 0 Å². The Hall–Kier alpha value is -1.39. The summed E-state index contributed by atoms with van der Waals surface area (Å²) in [7, 11) is 0. The van der Waals surface area contributed by atoms with E-state index in [1.165, 1.54) is 38.0 Å². The molecule has 4 heteroatoms. The molecular weight excluding hydrogens is 310 g/mol. The third kappa shape index (κ3) is 5.29. The molecule has 0 aliphatic carbocycles. The summed E-state index contributed by atoms with van der Waals surface area (Å²) in [6.07, 6.45) is 4.73. The number of benzene rings is 1. The molecule has 0 unspecified atom stereocenters. The summed E-state index contributed by atoms with van der Waals surface area (Å²) in [5, 5.41) is 3.24. The number of likely N-dealkylation sites (tertiary alicyclic amines) is 2. The van der Waals surface area contributed by atoms with Gasteiger partial charge < -0.3 is 10.2 Å². The van der Waals surface area contributed by atoms with E-state index in [0.717, 1.165) is 25.9 Å². The SMILES string of the molecule is CC(C)C(=O)N[C@@H]1CCCN([C@H]2CCN(CCc3ccccc3)C2)C1. The molecule has 1 amide bonds. The van der Waals surface area contributed by atoms with Crippen molar-refractivity contribution >= 4 is 5.91 Å². The van der Waals surface area contributed by atoms with Crippen molar-refractivity contribution in [2.24, 2.45) is 5.92 Å². The van der Waals surface area contributed by atoms with E-state index in [1.54, 1.807) is 0 Å². The first kappa shape index (κ1) is 18.4. The van der Waals surface area contributed by atoms with E-state index in [9.17, 15) is 4.79 Å². The molecule has 2 fully saturated rings. The minimum absolute atomic E-state index is 0.0790. The van der Waals surface area contributed by atoms with Crippen molar-refractivity contribution in [3.63, 3.8) is 0 Å². The highest BCUT2D eigenvalue weighted by Crippen LogP contribution is 2.21. The summed E-state index contributed by atoms with van der Waals surface area (Å²) < 4.78 is 0. The van der Waals surface area contributed by atoms with Crippen molar-refractivity contribution in [2.45, 2.75) is 51.6 Å². The molecule has 0 saturated carbocycles. The quantitative estimate of drug-likeness (QED) is 0.862. The number of amides is 1. The lowest BCUT2D eigenvalue weighted by Crippen LogP contribution is -2.52. The first-order chi connectivity index (χ1) is 12.1. The van der Waals surface area contributed by atoms with Crippen LogP contribution in [0, 0.1) is 5.92 Å². The average Bonchev–Trinajstić information content (AvgIpc) is 3.10. The van der Waals surface area contributed by atoms with E-state index in [4.69, 9.17) is 0 Å². The second-order valence-electron chi connectivity index (χ2n) is 7.98. The number of carbonyl (C=O) groups is 1. The molecule has 2 heterocycles. The fraction of sp³-hybridized carbons (Fsp3) is 0.667. The lowest BCUT2D eigenvalue weighted by molar-refractivity contribution is -0.125. The van der Waals surface area contributed by atoms with Crippen molar-refractivity contribution in [2.75, 3.05) is 32.7 Å². The van der Waals surface area contributed by atoms with Gasteiger partial charge in [0.2, 0.25) is 5.91 Å². The molecule has 138 valence electrons. The summed E-state index contributed by atoms with van der Waals surface area (Å²) in [6.45, 7) is 9.69. The van der Waals surface area contributed by atoms with Gasteiger partial charge in [-0.2, -0.15) is 0 Å². The number of hydrogen-bond donors (Lipinski definition) is 1. The summed E-state index contributed by atoms with van der Waals surface area (Å²) in [5.41, 5.74) is 1.43. The Kier molecular flexibility index (Phi) is 6.49. The van der Waals surface area contributed by atoms with Crippen LogP contribution in [0.2, 0.25) is 0 Å². The van der Waals surface area contributed by atoms with Gasteiger partial charge in [-0.1, -0.05) is 44.2 Å². The summed E-state index contributed by atoms with van der Waals surface area (Å²) in [5.74, 6) is 0.276. The monoisotopic (exact) mass is 343 g/mol. The van der Waals surface area contributed by atoms with Gasteiger partial charge in [-0.25, -0.2) is 0 Å². The molecule has 25 heavy (non-hydrogen) atoms. The lowest BCUT2D eigenvalue weighted by atomic mass is 10.0. The maximum Gasteiger partial charge on any atom is 0.222 e. The fourth-order valence-corrected chi connectivity index (χ4v) is 4.07. The second-order valence-corrected chi connectivity index (χ2v) is 7.98. The number of rotatable bonds is 6. The molecule has 0 aromatic heterocycles. The molecule has 2 atom stereocenters. The van der Waals surface area contributed by atoms with Gasteiger partial charge in [0, 0.05) is 37.6 Å². The summed E-state index contributed by atoms with van der Waals surface area (Å²) in [6, 6.07) is 11.8. The molecule has 3 rings (SSSR count). The van der Waals surface area contributed by atoms with Crippen molar-refractivity contribution in [1.82, 2.24) is 15.1 Å². The van der Waals surface area contributed by atoms with Crippen LogP contribution in [0.4, 0.5) is 0 Å². The molecule has 2 aliphatic rings. The molecule has 0 radical (unpaired) electrons. The molecule has 4 nitrogen and oxygen atoms in total. The third-order valence-corrected chi connectivity index (χ3v) is 5.65. The molecule has 1 N–H and O–H groups in total. The minimum atomic E-state index is 0.0790. The van der Waals surface area contributed by atoms with Gasteiger partial charge in [0.05, 0.1) is 0 Å². The number of piperidine rings is 1. The summed E-state index contributed by atoms with van der Waals surface area (Å²) in [4.78, 5) is 17.2. The Morgan fingerprint density at radius 3 is 2.72 bits per heavy atom. The van der Waals surface area contributed by atoms with Crippen LogP contribution in [0.15, 0.2) is 30.3 Å². The molecule has 1 aromatic carbocycles. The smallest absolute Gasteiger partial charge is 0.222 e. The van der Waals surface area contributed by atoms with Gasteiger partial charge in [0.15, 0.2) is 0 Å². The van der Waals surface area contributed by atoms with Crippen LogP contribution < -0.4 is 5.32 Å². The standard InChI is InChI=1S/C21H33N3O/c1-17(2)21(25)22-19-9-6-12-24(15-19)20-11-14-23(16-20)13-10-18-7-4-3-5-8-18/h3-5,7-8,17,19-20H,6,9-16H2,1-2H3,(H,22,25)/t19-,20+/m1/s1. The molecular formula is C21H33N3O. The average molecular weight is 344 g/mol. The maximum atomic E-state index is 12.0. The lowest BCUT2D eigenvalue weighted by Gasteiger charge is -2.37. The highest BCUT2D eigenvalue weighted by Gasteiger charge is 2.31. The van der Waals surface area contributed by atoms with Crippen LogP contribution in [0.1, 0.15) is 38.7 Å². The van der Waals surface area contributed by atoms with Crippen LogP contribution in [0.5, 0.6) is 0 Å². The van der Waals surface area contributed by atoms with E-state index in [0.29, 0.717) is 12.1 Å². The zero-order chi connectivity index (χ0) is 17.6. The molecule has 1 aromatic rings. The molecule has 2 saturated heterocycles. The van der Waals surface area contributed by atoms with E-state index >= 15 is 0 Å². The van der Waals surface area contributed by atoms with E-state index in [2.05, 4.69) is 45.4 Å². The van der Waals surface area contributed by atoms with Crippen molar-refractivity contribution in [3.05, 3.63) is 35.9 Å². The first-order valence-electron chi connectivity index (χ1n) is 9.92. The van der Waals surface area contributed by atoms with E-state index < -0.39 is 0 Å². The van der Waals surface area contributed by atoms with Crippen molar-refractivity contribution in [1.29, 1.82) is 0 Å². The van der Waals surface area contributed by atoms with Crippen LogP contribution >= 0.6 is 0 Å². The number of nitrogens with one attached hydrogen (secondary N) is 1. The molecule has 0 bridgehead atoms. The maximum absolute atomic E-state index is 12.0. The van der Waals surface area contributed by atoms with Gasteiger partial charge >= 0.3 is 0 Å². The number of carbonyl (C=O) groups excluding carboxylic acids is 1. The van der Waals surface area contributed by atoms with Crippen LogP contribution in [-0.2, 0) is 11.2 Å². The second kappa shape index (κ2) is 8.81. The molecule has 2 aliphatic heterocycles. The Morgan fingerprint density at radius 2 is 1.96 bits per heavy atom. The van der Waals surface area contributed by atoms with E-state index in [-0.39, 0.29) is 11.8 Å². The van der Waals surface area contributed by atoms with Gasteiger partial charge in [-0.05, 0) is 44.3 Å². The van der Waals surface area contributed by atoms with Crippen LogP contribution in [0.25, 0.3) is 0 Å². The topological polar surface area (TPSA) is 35.6 Å². The Morgan fingerprint density at radius 1 is 1.16 bits per heavy atom. The Labute approximate surface area is 152 Å². The number of nitrogens with zero attached hydrogens (tertiary/aromatic N) is 2. The van der Waals surface area contributed by atoms with E-state index in [1.807, 2.05) is 13.8 Å². The summed E-state index contributed by atoms with van der Waals surface area (Å²) >= 11 is 0. The Balaban J connectivity index is 1.44. The Bertz CT molecular complexity index is 545. The van der Waals surface area contributed by atoms with Crippen LogP contribution in [0.3, 0.4) is 0 Å². The first-order valence-corrected chi connectivity index (χ1v) is 9.92. The van der Waals surface area contributed by atoms with Gasteiger partial charge in [-0.15, -0.1) is 0 Å². The van der Waals surface area contributed by atoms with Crippen molar-refractivity contribution < 1.29 is 4.79 Å². The highest BCUT2D eigenvalue weighted by molar-refractivity contribution is 5.78.